The van der Waals surface area contributed by atoms with E-state index in [1.165, 1.54) is 25.3 Å². The number of halogens is 1. The fraction of sp³-hybridized carbons (Fsp3) is 0.158. The van der Waals surface area contributed by atoms with Crippen molar-refractivity contribution in [2.45, 2.75) is 13.5 Å². The molecule has 1 heterocycles. The smallest absolute Gasteiger partial charge is 0.360 e. The number of ether oxygens (including phenoxy) is 2. The topological polar surface area (TPSA) is 61.6 Å². The lowest BCUT2D eigenvalue weighted by atomic mass is 10.2. The van der Waals surface area contributed by atoms with Crippen LogP contribution in [-0.4, -0.2) is 18.1 Å². The van der Waals surface area contributed by atoms with Gasteiger partial charge in [-0.3, -0.25) is 0 Å². The molecule has 25 heavy (non-hydrogen) atoms. The molecule has 3 aromatic rings. The Hall–Kier alpha value is -3.15. The first kappa shape index (κ1) is 16.7. The summed E-state index contributed by atoms with van der Waals surface area (Å²) in [6.45, 7) is 1.51. The third-order valence-electron chi connectivity index (χ3n) is 3.61. The standard InChI is InChI=1S/C19H16FNO4/c1-12-17(21-18(25-12)13-6-4-3-5-7-13)19(22)24-11-14-10-15(20)8-9-16(14)23-2/h3-10H,11H2,1-2H3. The van der Waals surface area contributed by atoms with E-state index in [0.717, 1.165) is 5.56 Å². The van der Waals surface area contributed by atoms with E-state index in [1.54, 1.807) is 6.92 Å². The molecule has 0 amide bonds. The van der Waals surface area contributed by atoms with Crippen molar-refractivity contribution >= 4 is 5.97 Å². The maximum absolute atomic E-state index is 13.4. The summed E-state index contributed by atoms with van der Waals surface area (Å²) in [7, 11) is 1.46. The molecule has 2 aromatic carbocycles. The molecule has 0 saturated carbocycles. The van der Waals surface area contributed by atoms with Crippen LogP contribution in [0, 0.1) is 12.7 Å². The highest BCUT2D eigenvalue weighted by Crippen LogP contribution is 2.23. The fourth-order valence-electron chi connectivity index (χ4n) is 2.36. The fourth-order valence-corrected chi connectivity index (χ4v) is 2.36. The first-order valence-corrected chi connectivity index (χ1v) is 7.61. The van der Waals surface area contributed by atoms with Gasteiger partial charge in [0.2, 0.25) is 5.89 Å². The third-order valence-corrected chi connectivity index (χ3v) is 3.61. The number of aryl methyl sites for hydroxylation is 1. The van der Waals surface area contributed by atoms with Crippen molar-refractivity contribution in [3.63, 3.8) is 0 Å². The average Bonchev–Trinajstić information content (AvgIpc) is 3.02. The number of benzene rings is 2. The van der Waals surface area contributed by atoms with E-state index < -0.39 is 11.8 Å². The molecule has 0 fully saturated rings. The Kier molecular flexibility index (Phi) is 4.79. The highest BCUT2D eigenvalue weighted by atomic mass is 19.1. The van der Waals surface area contributed by atoms with Gasteiger partial charge in [-0.2, -0.15) is 0 Å². The number of aromatic nitrogens is 1. The molecule has 128 valence electrons. The summed E-state index contributed by atoms with van der Waals surface area (Å²) in [5.41, 5.74) is 1.28. The maximum atomic E-state index is 13.4. The summed E-state index contributed by atoms with van der Waals surface area (Å²) >= 11 is 0. The zero-order chi connectivity index (χ0) is 17.8. The van der Waals surface area contributed by atoms with Crippen LogP contribution in [0.15, 0.2) is 52.9 Å². The molecule has 0 aliphatic carbocycles. The van der Waals surface area contributed by atoms with Gasteiger partial charge < -0.3 is 13.9 Å². The SMILES string of the molecule is COc1ccc(F)cc1COC(=O)c1nc(-c2ccccc2)oc1C. The number of hydrogen-bond acceptors (Lipinski definition) is 5. The number of esters is 1. The average molecular weight is 341 g/mol. The number of carbonyl (C=O) groups is 1. The molecular weight excluding hydrogens is 325 g/mol. The first-order valence-electron chi connectivity index (χ1n) is 7.61. The number of nitrogens with zero attached hydrogens (tertiary/aromatic N) is 1. The second-order valence-electron chi connectivity index (χ2n) is 5.32. The number of hydrogen-bond donors (Lipinski definition) is 0. The van der Waals surface area contributed by atoms with Crippen LogP contribution in [0.2, 0.25) is 0 Å². The van der Waals surface area contributed by atoms with Crippen molar-refractivity contribution < 1.29 is 23.1 Å². The van der Waals surface area contributed by atoms with E-state index in [9.17, 15) is 9.18 Å². The van der Waals surface area contributed by atoms with Gasteiger partial charge in [0.15, 0.2) is 5.69 Å². The highest BCUT2D eigenvalue weighted by Gasteiger charge is 2.20. The van der Waals surface area contributed by atoms with E-state index in [4.69, 9.17) is 13.9 Å². The first-order chi connectivity index (χ1) is 12.1. The highest BCUT2D eigenvalue weighted by molar-refractivity contribution is 5.88. The number of rotatable bonds is 5. The summed E-state index contributed by atoms with van der Waals surface area (Å²) in [4.78, 5) is 16.5. The molecule has 0 N–H and O–H groups in total. The molecule has 0 aliphatic heterocycles. The second kappa shape index (κ2) is 7.17. The molecule has 0 saturated heterocycles. The quantitative estimate of drug-likeness (QED) is 0.652. The number of oxazole rings is 1. The Morgan fingerprint density at radius 2 is 1.96 bits per heavy atom. The van der Waals surface area contributed by atoms with Gasteiger partial charge in [0.1, 0.15) is 23.9 Å². The van der Waals surface area contributed by atoms with Crippen molar-refractivity contribution in [2.75, 3.05) is 7.11 Å². The predicted molar refractivity (Wildman–Crippen MR) is 88.7 cm³/mol. The molecule has 0 spiro atoms. The Balaban J connectivity index is 1.76. The largest absolute Gasteiger partial charge is 0.496 e. The normalized spacial score (nSPS) is 10.5. The molecule has 3 rings (SSSR count). The van der Waals surface area contributed by atoms with Crippen molar-refractivity contribution in [1.82, 2.24) is 4.98 Å². The summed E-state index contributed by atoms with van der Waals surface area (Å²) in [5.74, 6) is 0.0603. The van der Waals surface area contributed by atoms with E-state index >= 15 is 0 Å². The minimum Gasteiger partial charge on any atom is -0.496 e. The van der Waals surface area contributed by atoms with Crippen LogP contribution >= 0.6 is 0 Å². The summed E-state index contributed by atoms with van der Waals surface area (Å²) < 4.78 is 29.3. The summed E-state index contributed by atoms with van der Waals surface area (Å²) in [6, 6.07) is 13.3. The van der Waals surface area contributed by atoms with Gasteiger partial charge in [-0.15, -0.1) is 0 Å². The van der Waals surface area contributed by atoms with Crippen molar-refractivity contribution in [2.24, 2.45) is 0 Å². The van der Waals surface area contributed by atoms with Gasteiger partial charge in [0, 0.05) is 11.1 Å². The third kappa shape index (κ3) is 3.68. The van der Waals surface area contributed by atoms with Gasteiger partial charge in [-0.25, -0.2) is 14.2 Å². The lowest BCUT2D eigenvalue weighted by molar-refractivity contribution is 0.0461. The van der Waals surface area contributed by atoms with Crippen LogP contribution in [0.1, 0.15) is 21.8 Å². The van der Waals surface area contributed by atoms with E-state index in [2.05, 4.69) is 4.98 Å². The molecule has 5 nitrogen and oxygen atoms in total. The lowest BCUT2D eigenvalue weighted by Gasteiger charge is -2.08. The molecular formula is C19H16FNO4. The number of carbonyl (C=O) groups excluding carboxylic acids is 1. The molecule has 0 radical (unpaired) electrons. The molecule has 0 atom stereocenters. The van der Waals surface area contributed by atoms with Gasteiger partial charge >= 0.3 is 5.97 Å². The molecule has 6 heteroatoms. The Labute approximate surface area is 144 Å². The molecule has 0 aliphatic rings. The van der Waals surface area contributed by atoms with Gasteiger partial charge in [0.05, 0.1) is 7.11 Å². The van der Waals surface area contributed by atoms with Gasteiger partial charge in [0.25, 0.3) is 0 Å². The van der Waals surface area contributed by atoms with E-state index in [0.29, 0.717) is 23.0 Å². The minimum absolute atomic E-state index is 0.0919. The zero-order valence-corrected chi connectivity index (χ0v) is 13.8. The Morgan fingerprint density at radius 3 is 2.68 bits per heavy atom. The van der Waals surface area contributed by atoms with Gasteiger partial charge in [-0.1, -0.05) is 18.2 Å². The van der Waals surface area contributed by atoms with E-state index in [1.807, 2.05) is 30.3 Å². The Bertz CT molecular complexity index is 890. The minimum atomic E-state index is -0.644. The van der Waals surface area contributed by atoms with Gasteiger partial charge in [-0.05, 0) is 37.3 Å². The zero-order valence-electron chi connectivity index (χ0n) is 13.8. The molecule has 0 unspecified atom stereocenters. The lowest BCUT2D eigenvalue weighted by Crippen LogP contribution is -2.08. The monoisotopic (exact) mass is 341 g/mol. The predicted octanol–water partition coefficient (Wildman–Crippen LogP) is 4.15. The van der Waals surface area contributed by atoms with Crippen molar-refractivity contribution in [3.05, 3.63) is 71.4 Å². The second-order valence-corrected chi connectivity index (χ2v) is 5.32. The summed E-state index contributed by atoms with van der Waals surface area (Å²) in [5, 5.41) is 0. The van der Waals surface area contributed by atoms with Crippen molar-refractivity contribution in [3.8, 4) is 17.2 Å². The van der Waals surface area contributed by atoms with E-state index in [-0.39, 0.29) is 12.3 Å². The van der Waals surface area contributed by atoms with Crippen LogP contribution in [0.3, 0.4) is 0 Å². The summed E-state index contributed by atoms with van der Waals surface area (Å²) in [6.07, 6.45) is 0. The number of methoxy groups -OCH3 is 1. The van der Waals surface area contributed by atoms with Crippen LogP contribution in [0.25, 0.3) is 11.5 Å². The molecule has 1 aromatic heterocycles. The molecule has 0 bridgehead atoms. The Morgan fingerprint density at radius 1 is 1.20 bits per heavy atom. The van der Waals surface area contributed by atoms with Crippen LogP contribution in [-0.2, 0) is 11.3 Å². The van der Waals surface area contributed by atoms with Crippen molar-refractivity contribution in [1.29, 1.82) is 0 Å². The van der Waals surface area contributed by atoms with Crippen LogP contribution in [0.4, 0.5) is 4.39 Å². The van der Waals surface area contributed by atoms with Crippen LogP contribution in [0.5, 0.6) is 5.75 Å². The van der Waals surface area contributed by atoms with Crippen LogP contribution < -0.4 is 4.74 Å². The maximum Gasteiger partial charge on any atom is 0.360 e.